The van der Waals surface area contributed by atoms with Gasteiger partial charge in [-0.25, -0.2) is 0 Å². The van der Waals surface area contributed by atoms with Crippen LogP contribution >= 0.6 is 7.06 Å². The summed E-state index contributed by atoms with van der Waals surface area (Å²) in [6.07, 6.45) is -9.61. The number of aryl methyl sites for hydroxylation is 1. The number of benzene rings is 3. The molecule has 0 unspecified atom stereocenters. The second kappa shape index (κ2) is 8.85. The van der Waals surface area contributed by atoms with Gasteiger partial charge in [0.25, 0.3) is 0 Å². The summed E-state index contributed by atoms with van der Waals surface area (Å²) in [5.41, 5.74) is 0.776. The fraction of sp³-hybridized carbons (Fsp3) is 0.217. The molecule has 0 saturated heterocycles. The summed E-state index contributed by atoms with van der Waals surface area (Å²) in [5.74, 6) is 0. The molecule has 3 rings (SSSR count). The number of alkyl halides is 6. The molecule has 0 saturated carbocycles. The normalized spacial score (nSPS) is 14.0. The average Bonchev–Trinajstić information content (AvgIpc) is 2.75. The van der Waals surface area contributed by atoms with Crippen LogP contribution in [0.5, 0.6) is 0 Å². The third-order valence-electron chi connectivity index (χ3n) is 4.90. The molecule has 0 N–H and O–H groups in total. The Hall–Kier alpha value is -2.41. The molecule has 0 atom stereocenters. The number of rotatable bonds is 7. The molecule has 0 amide bonds. The van der Waals surface area contributed by atoms with Crippen molar-refractivity contribution in [1.82, 2.24) is 0 Å². The Labute approximate surface area is 181 Å². The summed E-state index contributed by atoms with van der Waals surface area (Å²) in [4.78, 5) is 0. The van der Waals surface area contributed by atoms with E-state index in [1.807, 2.05) is 0 Å². The van der Waals surface area contributed by atoms with Gasteiger partial charge < -0.3 is 0 Å². The Morgan fingerprint density at radius 3 is 1.25 bits per heavy atom. The number of halogens is 6. The second-order valence-corrected chi connectivity index (χ2v) is 11.2. The van der Waals surface area contributed by atoms with Crippen LogP contribution < -0.4 is 15.9 Å². The topological polar surface area (TPSA) is 18.5 Å². The van der Waals surface area contributed by atoms with Gasteiger partial charge in [0.15, 0.2) is 0 Å². The molecule has 9 heteroatoms. The quantitative estimate of drug-likeness (QED) is 0.318. The molecule has 0 radical (unpaired) electrons. The van der Waals surface area contributed by atoms with E-state index >= 15 is 0 Å². The standard InChI is InChI=1S/C23H21F6O2P/c1-18-12-14-21(15-13-18)32(30-16-22(24,25)26,31-17-23(27,28)29,19-8-4-2-5-9-19)20-10-6-3-7-11-20/h2-15H,16-17H2,1H3. The second-order valence-electron chi connectivity index (χ2n) is 7.24. The third-order valence-corrected chi connectivity index (χ3v) is 9.85. The average molecular weight is 474 g/mol. The third kappa shape index (κ3) is 4.82. The van der Waals surface area contributed by atoms with Crippen molar-refractivity contribution in [3.63, 3.8) is 0 Å². The van der Waals surface area contributed by atoms with Crippen LogP contribution in [0.2, 0.25) is 0 Å². The summed E-state index contributed by atoms with van der Waals surface area (Å²) in [7, 11) is -5.18. The fourth-order valence-electron chi connectivity index (χ4n) is 3.54. The van der Waals surface area contributed by atoms with E-state index in [-0.39, 0.29) is 15.9 Å². The minimum atomic E-state index is -5.18. The maximum absolute atomic E-state index is 13.5. The molecular formula is C23H21F6O2P. The molecular weight excluding hydrogens is 453 g/mol. The van der Waals surface area contributed by atoms with E-state index in [0.29, 0.717) is 0 Å². The van der Waals surface area contributed by atoms with Crippen LogP contribution in [-0.2, 0) is 9.05 Å². The molecule has 3 aromatic rings. The Morgan fingerprint density at radius 1 is 0.562 bits per heavy atom. The summed E-state index contributed by atoms with van der Waals surface area (Å²) < 4.78 is 92.1. The monoisotopic (exact) mass is 474 g/mol. The van der Waals surface area contributed by atoms with Gasteiger partial charge in [0, 0.05) is 0 Å². The van der Waals surface area contributed by atoms with Gasteiger partial charge in [0.1, 0.15) is 0 Å². The van der Waals surface area contributed by atoms with Gasteiger partial charge in [0.2, 0.25) is 0 Å². The molecule has 0 aliphatic rings. The number of hydrogen-bond donors (Lipinski definition) is 0. The molecule has 172 valence electrons. The molecule has 0 bridgehead atoms. The minimum absolute atomic E-state index is 0.0991. The van der Waals surface area contributed by atoms with Gasteiger partial charge in [-0.2, -0.15) is 0 Å². The molecule has 0 aromatic heterocycles. The molecule has 3 aromatic carbocycles. The van der Waals surface area contributed by atoms with Gasteiger partial charge in [-0.1, -0.05) is 0 Å². The van der Waals surface area contributed by atoms with Gasteiger partial charge in [-0.3, -0.25) is 0 Å². The van der Waals surface area contributed by atoms with E-state index in [1.54, 1.807) is 31.2 Å². The van der Waals surface area contributed by atoms with Crippen LogP contribution in [0.4, 0.5) is 26.3 Å². The molecule has 0 aliphatic heterocycles. The van der Waals surface area contributed by atoms with Gasteiger partial charge in [-0.15, -0.1) is 0 Å². The van der Waals surface area contributed by atoms with Crippen molar-refractivity contribution >= 4 is 23.0 Å². The van der Waals surface area contributed by atoms with Crippen LogP contribution in [0.1, 0.15) is 5.56 Å². The Bertz CT molecular complexity index is 957. The summed E-state index contributed by atoms with van der Waals surface area (Å²) in [6.45, 7) is -1.82. The molecule has 0 aliphatic carbocycles. The maximum atomic E-state index is 13.5. The van der Waals surface area contributed by atoms with E-state index in [1.165, 1.54) is 60.7 Å². The van der Waals surface area contributed by atoms with E-state index < -0.39 is 32.6 Å². The zero-order valence-electron chi connectivity index (χ0n) is 17.0. The molecule has 0 spiro atoms. The predicted molar refractivity (Wildman–Crippen MR) is 114 cm³/mol. The van der Waals surface area contributed by atoms with E-state index in [0.717, 1.165) is 5.56 Å². The van der Waals surface area contributed by atoms with E-state index in [2.05, 4.69) is 0 Å². The Balaban J connectivity index is 2.46. The Morgan fingerprint density at radius 2 is 0.906 bits per heavy atom. The first-order valence-corrected chi connectivity index (χ1v) is 11.7. The van der Waals surface area contributed by atoms with Gasteiger partial charge >= 0.3 is 181 Å². The SMILES string of the molecule is Cc1ccc(P(OCC(F)(F)F)(OCC(F)(F)F)(c2ccccc2)c2ccccc2)cc1. The number of hydrogen-bond acceptors (Lipinski definition) is 2. The van der Waals surface area contributed by atoms with Crippen LogP contribution in [0.25, 0.3) is 0 Å². The van der Waals surface area contributed by atoms with Crippen LogP contribution in [0.15, 0.2) is 84.9 Å². The van der Waals surface area contributed by atoms with Crippen LogP contribution in [0, 0.1) is 6.92 Å². The van der Waals surface area contributed by atoms with Crippen molar-refractivity contribution < 1.29 is 35.4 Å². The summed E-state index contributed by atoms with van der Waals surface area (Å²) in [5, 5.41) is 0.302. The van der Waals surface area contributed by atoms with Crippen molar-refractivity contribution in [2.45, 2.75) is 19.3 Å². The molecule has 0 heterocycles. The van der Waals surface area contributed by atoms with Crippen LogP contribution in [-0.4, -0.2) is 25.6 Å². The zero-order chi connectivity index (χ0) is 23.5. The van der Waals surface area contributed by atoms with E-state index in [9.17, 15) is 26.3 Å². The summed E-state index contributed by atoms with van der Waals surface area (Å²) >= 11 is 0. The molecule has 32 heavy (non-hydrogen) atoms. The van der Waals surface area contributed by atoms with Crippen molar-refractivity contribution in [2.75, 3.05) is 13.2 Å². The fourth-order valence-corrected chi connectivity index (χ4v) is 8.30. The predicted octanol–water partition coefficient (Wildman–Crippen LogP) is 5.81. The first kappa shape index (κ1) is 24.2. The molecule has 2 nitrogen and oxygen atoms in total. The van der Waals surface area contributed by atoms with Crippen molar-refractivity contribution in [2.24, 2.45) is 0 Å². The summed E-state index contributed by atoms with van der Waals surface area (Å²) in [6, 6.07) is 21.3. The molecule has 0 fully saturated rings. The van der Waals surface area contributed by atoms with Crippen molar-refractivity contribution in [3.8, 4) is 0 Å². The first-order chi connectivity index (χ1) is 15.0. The van der Waals surface area contributed by atoms with Gasteiger partial charge in [0.05, 0.1) is 0 Å². The first-order valence-electron chi connectivity index (χ1n) is 9.60. The van der Waals surface area contributed by atoms with Crippen LogP contribution in [0.3, 0.4) is 0 Å². The van der Waals surface area contributed by atoms with Gasteiger partial charge in [-0.05, 0) is 0 Å². The zero-order valence-corrected chi connectivity index (χ0v) is 17.9. The Kier molecular flexibility index (Phi) is 6.70. The van der Waals surface area contributed by atoms with E-state index in [4.69, 9.17) is 9.05 Å². The van der Waals surface area contributed by atoms with Crippen molar-refractivity contribution in [3.05, 3.63) is 90.5 Å². The van der Waals surface area contributed by atoms with Crippen molar-refractivity contribution in [1.29, 1.82) is 0 Å².